The second kappa shape index (κ2) is 7.51. The van der Waals surface area contributed by atoms with Crippen LogP contribution >= 0.6 is 15.9 Å². The van der Waals surface area contributed by atoms with Crippen LogP contribution in [0.3, 0.4) is 0 Å². The maximum absolute atomic E-state index is 13.7. The highest BCUT2D eigenvalue weighted by Crippen LogP contribution is 2.39. The quantitative estimate of drug-likeness (QED) is 0.501. The number of halogens is 4. The molecule has 0 aliphatic carbocycles. The van der Waals surface area contributed by atoms with Gasteiger partial charge < -0.3 is 5.32 Å². The number of benzene rings is 1. The molecule has 3 heterocycles. The van der Waals surface area contributed by atoms with E-state index in [1.807, 2.05) is 0 Å². The molecule has 0 spiro atoms. The Morgan fingerprint density at radius 3 is 2.66 bits per heavy atom. The van der Waals surface area contributed by atoms with E-state index in [2.05, 4.69) is 36.6 Å². The Balaban J connectivity index is 1.65. The van der Waals surface area contributed by atoms with E-state index in [9.17, 15) is 18.0 Å². The second-order valence-corrected chi connectivity index (χ2v) is 7.58. The number of alkyl halides is 3. The molecule has 0 saturated heterocycles. The summed E-state index contributed by atoms with van der Waals surface area (Å²) >= 11 is 3.33. The van der Waals surface area contributed by atoms with Gasteiger partial charge in [0.15, 0.2) is 0 Å². The van der Waals surface area contributed by atoms with Gasteiger partial charge >= 0.3 is 6.18 Å². The zero-order chi connectivity index (χ0) is 20.6. The first-order valence-electron chi connectivity index (χ1n) is 8.76. The number of carbonyl (C=O) groups excluding carboxylic acids is 1. The monoisotopic (exact) mass is 466 g/mol. The maximum atomic E-state index is 13.7. The van der Waals surface area contributed by atoms with Crippen LogP contribution in [-0.4, -0.2) is 22.2 Å². The molecule has 2 aromatic heterocycles. The molecule has 3 N–H and O–H groups in total. The van der Waals surface area contributed by atoms with E-state index >= 15 is 0 Å². The molecule has 29 heavy (non-hydrogen) atoms. The van der Waals surface area contributed by atoms with Crippen molar-refractivity contribution in [3.05, 3.63) is 70.6 Å². The van der Waals surface area contributed by atoms with E-state index in [1.165, 1.54) is 12.3 Å². The highest BCUT2D eigenvalue weighted by molar-refractivity contribution is 9.10. The summed E-state index contributed by atoms with van der Waals surface area (Å²) in [4.78, 5) is 16.4. The van der Waals surface area contributed by atoms with Crippen LogP contribution in [0, 0.1) is 0 Å². The zero-order valence-corrected chi connectivity index (χ0v) is 16.5. The van der Waals surface area contributed by atoms with Crippen molar-refractivity contribution < 1.29 is 22.6 Å². The molecule has 2 unspecified atom stereocenters. The Morgan fingerprint density at radius 2 is 2.00 bits per heavy atom. The lowest BCUT2D eigenvalue weighted by molar-refractivity contribution is -0.787. The van der Waals surface area contributed by atoms with Crippen LogP contribution in [-0.2, 0) is 0 Å². The highest BCUT2D eigenvalue weighted by Gasteiger charge is 2.51. The summed E-state index contributed by atoms with van der Waals surface area (Å²) < 4.78 is 43.0. The van der Waals surface area contributed by atoms with Crippen molar-refractivity contribution in [3.8, 4) is 0 Å². The standard InChI is InChI=1S/C19H15BrF3N5O/c20-12-5-3-11(4-6-12)14-8-16(19(21,22)23)28-17(26-14)9-15(27-28)18(29)25-13-2-1-7-24-10-13/h1-7,9-10,14,16H,8H2,(H2,25,26,27,29)/p+1. The lowest BCUT2D eigenvalue weighted by Crippen LogP contribution is -2.54. The minimum absolute atomic E-state index is 0.0158. The number of carbonyl (C=O) groups is 1. The van der Waals surface area contributed by atoms with Crippen LogP contribution in [0.1, 0.15) is 34.6 Å². The Hall–Kier alpha value is -2.88. The third kappa shape index (κ3) is 4.12. The van der Waals surface area contributed by atoms with Crippen molar-refractivity contribution in [2.24, 2.45) is 0 Å². The van der Waals surface area contributed by atoms with Crippen LogP contribution < -0.4 is 15.3 Å². The summed E-state index contributed by atoms with van der Waals surface area (Å²) in [6.45, 7) is 0. The molecule has 1 amide bonds. The molecule has 0 bridgehead atoms. The number of nitrogens with one attached hydrogen (secondary N) is 3. The van der Waals surface area contributed by atoms with Crippen molar-refractivity contribution in [1.82, 2.24) is 10.1 Å². The number of pyridine rings is 1. The van der Waals surface area contributed by atoms with Crippen molar-refractivity contribution in [2.45, 2.75) is 24.7 Å². The van der Waals surface area contributed by atoms with E-state index in [-0.39, 0.29) is 17.9 Å². The summed E-state index contributed by atoms with van der Waals surface area (Å²) in [5, 5.41) is 8.29. The largest absolute Gasteiger partial charge is 0.431 e. The number of H-pyrrole nitrogens is 1. The molecule has 1 aliphatic rings. The van der Waals surface area contributed by atoms with Crippen molar-refractivity contribution >= 4 is 33.3 Å². The van der Waals surface area contributed by atoms with Crippen LogP contribution in [0.4, 0.5) is 24.7 Å². The number of hydrogen-bond acceptors (Lipinski definition) is 3. The van der Waals surface area contributed by atoms with Crippen LogP contribution in [0.15, 0.2) is 59.3 Å². The summed E-state index contributed by atoms with van der Waals surface area (Å²) in [5.41, 5.74) is 1.20. The molecule has 0 saturated carbocycles. The fraction of sp³-hybridized carbons (Fsp3) is 0.211. The van der Waals surface area contributed by atoms with Gasteiger partial charge in [0.05, 0.1) is 18.0 Å². The molecule has 1 aromatic carbocycles. The average Bonchev–Trinajstić information content (AvgIpc) is 3.12. The molecule has 10 heteroatoms. The van der Waals surface area contributed by atoms with Crippen LogP contribution in [0.25, 0.3) is 0 Å². The molecule has 3 aromatic rings. The second-order valence-electron chi connectivity index (χ2n) is 6.66. The lowest BCUT2D eigenvalue weighted by Gasteiger charge is -2.27. The number of anilines is 2. The Kier molecular flexibility index (Phi) is 5.03. The SMILES string of the molecule is O=C(Nc1cccnc1)c1cc2[n+]([nH]1)C(C(F)(F)F)CC(c1ccc(Br)cc1)N2. The fourth-order valence-electron chi connectivity index (χ4n) is 3.30. The van der Waals surface area contributed by atoms with Crippen molar-refractivity contribution in [2.75, 3.05) is 10.6 Å². The van der Waals surface area contributed by atoms with E-state index in [0.717, 1.165) is 14.7 Å². The summed E-state index contributed by atoms with van der Waals surface area (Å²) in [6.07, 6.45) is -1.67. The van der Waals surface area contributed by atoms with Crippen LogP contribution in [0.2, 0.25) is 0 Å². The molecule has 0 radical (unpaired) electrons. The summed E-state index contributed by atoms with van der Waals surface area (Å²) in [5.74, 6) is -0.356. The molecule has 0 fully saturated rings. The Labute approximate surface area is 172 Å². The number of aromatic amines is 1. The highest BCUT2D eigenvalue weighted by atomic mass is 79.9. The van der Waals surface area contributed by atoms with E-state index in [1.54, 1.807) is 42.6 Å². The van der Waals surface area contributed by atoms with E-state index in [0.29, 0.717) is 5.69 Å². The normalized spacial score (nSPS) is 18.6. The summed E-state index contributed by atoms with van der Waals surface area (Å²) in [6, 6.07) is 9.46. The van der Waals surface area contributed by atoms with Gasteiger partial charge in [-0.2, -0.15) is 13.2 Å². The third-order valence-corrected chi connectivity index (χ3v) is 5.22. The first-order chi connectivity index (χ1) is 13.8. The minimum atomic E-state index is -4.48. The first kappa shape index (κ1) is 19.4. The van der Waals surface area contributed by atoms with Crippen LogP contribution in [0.5, 0.6) is 0 Å². The van der Waals surface area contributed by atoms with Gasteiger partial charge in [-0.3, -0.25) is 15.1 Å². The van der Waals surface area contributed by atoms with Gasteiger partial charge in [0, 0.05) is 17.1 Å². The molecule has 6 nitrogen and oxygen atoms in total. The third-order valence-electron chi connectivity index (χ3n) is 4.69. The first-order valence-corrected chi connectivity index (χ1v) is 9.55. The number of amides is 1. The van der Waals surface area contributed by atoms with Crippen molar-refractivity contribution in [1.29, 1.82) is 0 Å². The Bertz CT molecular complexity index is 1020. The average molecular weight is 467 g/mol. The van der Waals surface area contributed by atoms with Gasteiger partial charge in [-0.05, 0) is 29.8 Å². The van der Waals surface area contributed by atoms with Crippen molar-refractivity contribution in [3.63, 3.8) is 0 Å². The smallest absolute Gasteiger partial charge is 0.319 e. The predicted octanol–water partition coefficient (Wildman–Crippen LogP) is 4.37. The molecule has 1 aliphatic heterocycles. The van der Waals surface area contributed by atoms with Gasteiger partial charge in [-0.25, -0.2) is 5.10 Å². The van der Waals surface area contributed by atoms with Gasteiger partial charge in [0.2, 0.25) is 6.04 Å². The number of hydrogen-bond donors (Lipinski definition) is 3. The number of aromatic nitrogens is 3. The topological polar surface area (TPSA) is 73.7 Å². The van der Waals surface area contributed by atoms with Gasteiger partial charge in [0.1, 0.15) is 11.7 Å². The lowest BCUT2D eigenvalue weighted by atomic mass is 9.97. The maximum Gasteiger partial charge on any atom is 0.431 e. The molecule has 150 valence electrons. The molecular formula is C19H16BrF3N5O+. The van der Waals surface area contributed by atoms with Gasteiger partial charge in [-0.1, -0.05) is 28.1 Å². The fourth-order valence-corrected chi connectivity index (χ4v) is 3.56. The number of nitrogens with zero attached hydrogens (tertiary/aromatic N) is 2. The number of fused-ring (bicyclic) bond motifs is 1. The van der Waals surface area contributed by atoms with E-state index in [4.69, 9.17) is 0 Å². The number of rotatable bonds is 3. The van der Waals surface area contributed by atoms with E-state index < -0.39 is 24.2 Å². The molecule has 4 rings (SSSR count). The van der Waals surface area contributed by atoms with Gasteiger partial charge in [-0.15, -0.1) is 4.68 Å². The Morgan fingerprint density at radius 1 is 1.24 bits per heavy atom. The molecular weight excluding hydrogens is 451 g/mol. The molecule has 2 atom stereocenters. The summed E-state index contributed by atoms with van der Waals surface area (Å²) in [7, 11) is 0. The minimum Gasteiger partial charge on any atom is -0.319 e. The zero-order valence-electron chi connectivity index (χ0n) is 14.9. The van der Waals surface area contributed by atoms with Gasteiger partial charge in [0.25, 0.3) is 11.7 Å². The predicted molar refractivity (Wildman–Crippen MR) is 103 cm³/mol.